The van der Waals surface area contributed by atoms with Gasteiger partial charge in [-0.1, -0.05) is 48.6 Å². The smallest absolute Gasteiger partial charge is 0.228 e. The number of benzene rings is 1. The molecule has 1 amide bonds. The molecule has 2 heterocycles. The lowest BCUT2D eigenvalue weighted by atomic mass is 10.2. The largest absolute Gasteiger partial charge is 0.340 e. The third kappa shape index (κ3) is 4.77. The molecule has 4 heteroatoms. The maximum Gasteiger partial charge on any atom is 0.228 e. The fourth-order valence-corrected chi connectivity index (χ4v) is 2.85. The Balaban J connectivity index is 1.42. The molecule has 0 N–H and O–H groups in total. The van der Waals surface area contributed by atoms with Crippen molar-refractivity contribution in [1.29, 1.82) is 0 Å². The average Bonchev–Trinajstić information content (AvgIpc) is 2.64. The van der Waals surface area contributed by atoms with E-state index in [-0.39, 0.29) is 5.91 Å². The minimum absolute atomic E-state index is 0.174. The molecule has 0 radical (unpaired) electrons. The van der Waals surface area contributed by atoms with Crippen LogP contribution in [0.1, 0.15) is 11.3 Å². The predicted octanol–water partition coefficient (Wildman–Crippen LogP) is 2.48. The van der Waals surface area contributed by atoms with Gasteiger partial charge in [-0.3, -0.25) is 14.7 Å². The maximum atomic E-state index is 12.3. The van der Waals surface area contributed by atoms with E-state index in [2.05, 4.69) is 34.2 Å². The first kappa shape index (κ1) is 16.4. The summed E-state index contributed by atoms with van der Waals surface area (Å²) in [6.45, 7) is 4.37. The Morgan fingerprint density at radius 2 is 1.75 bits per heavy atom. The lowest BCUT2D eigenvalue weighted by molar-refractivity contribution is -0.132. The zero-order chi connectivity index (χ0) is 16.6. The Morgan fingerprint density at radius 3 is 2.46 bits per heavy atom. The molecule has 3 rings (SSSR count). The fraction of sp³-hybridized carbons (Fsp3) is 0.300. The normalized spacial score (nSPS) is 15.8. The van der Waals surface area contributed by atoms with Crippen molar-refractivity contribution in [3.05, 3.63) is 72.1 Å². The van der Waals surface area contributed by atoms with Gasteiger partial charge in [0.1, 0.15) is 0 Å². The Morgan fingerprint density at radius 1 is 1.00 bits per heavy atom. The van der Waals surface area contributed by atoms with Gasteiger partial charge in [0.05, 0.1) is 6.42 Å². The summed E-state index contributed by atoms with van der Waals surface area (Å²) in [5, 5.41) is 0. The lowest BCUT2D eigenvalue weighted by Gasteiger charge is -2.34. The molecule has 0 saturated carbocycles. The monoisotopic (exact) mass is 321 g/mol. The zero-order valence-electron chi connectivity index (χ0n) is 13.8. The molecule has 0 unspecified atom stereocenters. The van der Waals surface area contributed by atoms with Gasteiger partial charge < -0.3 is 4.90 Å². The van der Waals surface area contributed by atoms with Crippen LogP contribution in [-0.2, 0) is 11.2 Å². The molecule has 4 nitrogen and oxygen atoms in total. The number of nitrogens with zero attached hydrogens (tertiary/aromatic N) is 3. The van der Waals surface area contributed by atoms with Crippen LogP contribution in [0.2, 0.25) is 0 Å². The third-order valence-corrected chi connectivity index (χ3v) is 4.26. The van der Waals surface area contributed by atoms with E-state index in [1.54, 1.807) is 6.20 Å². The van der Waals surface area contributed by atoms with Crippen molar-refractivity contribution in [2.24, 2.45) is 0 Å². The number of hydrogen-bond acceptors (Lipinski definition) is 3. The highest BCUT2D eigenvalue weighted by Crippen LogP contribution is 2.07. The van der Waals surface area contributed by atoms with Crippen molar-refractivity contribution < 1.29 is 4.79 Å². The SMILES string of the molecule is O=C(Cc1ccccn1)N1CCN(C/C=C/c2ccccc2)CC1. The minimum atomic E-state index is 0.174. The summed E-state index contributed by atoms with van der Waals surface area (Å²) in [6.07, 6.45) is 6.48. The van der Waals surface area contributed by atoms with Gasteiger partial charge in [0.25, 0.3) is 0 Å². The topological polar surface area (TPSA) is 36.4 Å². The first-order chi connectivity index (χ1) is 11.8. The zero-order valence-corrected chi connectivity index (χ0v) is 13.8. The van der Waals surface area contributed by atoms with Crippen LogP contribution in [0.15, 0.2) is 60.8 Å². The molecular formula is C20H23N3O. The number of carbonyl (C=O) groups is 1. The van der Waals surface area contributed by atoms with E-state index in [0.29, 0.717) is 6.42 Å². The van der Waals surface area contributed by atoms with E-state index in [1.165, 1.54) is 5.56 Å². The van der Waals surface area contributed by atoms with Gasteiger partial charge in [-0.15, -0.1) is 0 Å². The second-order valence-corrected chi connectivity index (χ2v) is 5.99. The maximum absolute atomic E-state index is 12.3. The molecule has 0 bridgehead atoms. The summed E-state index contributed by atoms with van der Waals surface area (Å²) in [4.78, 5) is 20.9. The highest BCUT2D eigenvalue weighted by atomic mass is 16.2. The van der Waals surface area contributed by atoms with Gasteiger partial charge in [0, 0.05) is 44.6 Å². The quantitative estimate of drug-likeness (QED) is 0.849. The third-order valence-electron chi connectivity index (χ3n) is 4.26. The Labute approximate surface area is 143 Å². The van der Waals surface area contributed by atoms with E-state index in [9.17, 15) is 4.79 Å². The minimum Gasteiger partial charge on any atom is -0.340 e. The predicted molar refractivity (Wildman–Crippen MR) is 96.4 cm³/mol. The van der Waals surface area contributed by atoms with Crippen LogP contribution in [0.3, 0.4) is 0 Å². The van der Waals surface area contributed by atoms with Gasteiger partial charge in [-0.2, -0.15) is 0 Å². The molecule has 24 heavy (non-hydrogen) atoms. The summed E-state index contributed by atoms with van der Waals surface area (Å²) < 4.78 is 0. The first-order valence-corrected chi connectivity index (χ1v) is 8.43. The Kier molecular flexibility index (Phi) is 5.75. The molecule has 1 fully saturated rings. The van der Waals surface area contributed by atoms with E-state index < -0.39 is 0 Å². The fourth-order valence-electron chi connectivity index (χ4n) is 2.85. The van der Waals surface area contributed by atoms with Crippen molar-refractivity contribution >= 4 is 12.0 Å². The number of pyridine rings is 1. The van der Waals surface area contributed by atoms with Crippen LogP contribution in [0, 0.1) is 0 Å². The van der Waals surface area contributed by atoms with Crippen molar-refractivity contribution in [3.8, 4) is 0 Å². The standard InChI is InChI=1S/C20H23N3O/c24-20(17-19-10-4-5-11-21-19)23-15-13-22(14-16-23)12-6-9-18-7-2-1-3-8-18/h1-11H,12-17H2/b9-6+. The number of amides is 1. The van der Waals surface area contributed by atoms with Crippen LogP contribution in [0.5, 0.6) is 0 Å². The molecule has 1 aromatic carbocycles. The molecule has 1 saturated heterocycles. The van der Waals surface area contributed by atoms with E-state index in [1.807, 2.05) is 41.3 Å². The average molecular weight is 321 g/mol. The van der Waals surface area contributed by atoms with Gasteiger partial charge >= 0.3 is 0 Å². The second kappa shape index (κ2) is 8.41. The van der Waals surface area contributed by atoms with Crippen LogP contribution in [-0.4, -0.2) is 53.4 Å². The summed E-state index contributed by atoms with van der Waals surface area (Å²) in [6, 6.07) is 16.0. The van der Waals surface area contributed by atoms with Crippen LogP contribution >= 0.6 is 0 Å². The van der Waals surface area contributed by atoms with Gasteiger partial charge in [-0.05, 0) is 17.7 Å². The van der Waals surface area contributed by atoms with Gasteiger partial charge in [0.15, 0.2) is 0 Å². The summed E-state index contributed by atoms with van der Waals surface area (Å²) in [5.74, 6) is 0.174. The number of aromatic nitrogens is 1. The molecule has 1 aliphatic heterocycles. The molecule has 1 aliphatic rings. The van der Waals surface area contributed by atoms with Crippen LogP contribution in [0.25, 0.3) is 6.08 Å². The Hall–Kier alpha value is -2.46. The molecule has 0 aliphatic carbocycles. The van der Waals surface area contributed by atoms with Gasteiger partial charge in [0.2, 0.25) is 5.91 Å². The van der Waals surface area contributed by atoms with E-state index >= 15 is 0 Å². The van der Waals surface area contributed by atoms with Gasteiger partial charge in [-0.25, -0.2) is 0 Å². The number of hydrogen-bond donors (Lipinski definition) is 0. The molecule has 1 aromatic heterocycles. The summed E-state index contributed by atoms with van der Waals surface area (Å²) in [5.41, 5.74) is 2.07. The van der Waals surface area contributed by atoms with Crippen molar-refractivity contribution in [1.82, 2.24) is 14.8 Å². The second-order valence-electron chi connectivity index (χ2n) is 5.99. The molecule has 124 valence electrons. The van der Waals surface area contributed by atoms with Crippen LogP contribution in [0.4, 0.5) is 0 Å². The Bertz CT molecular complexity index is 662. The summed E-state index contributed by atoms with van der Waals surface area (Å²) >= 11 is 0. The summed E-state index contributed by atoms with van der Waals surface area (Å²) in [7, 11) is 0. The number of rotatable bonds is 5. The van der Waals surface area contributed by atoms with E-state index in [0.717, 1.165) is 38.4 Å². The van der Waals surface area contributed by atoms with Crippen molar-refractivity contribution in [3.63, 3.8) is 0 Å². The molecule has 2 aromatic rings. The first-order valence-electron chi connectivity index (χ1n) is 8.43. The van der Waals surface area contributed by atoms with Crippen molar-refractivity contribution in [2.75, 3.05) is 32.7 Å². The lowest BCUT2D eigenvalue weighted by Crippen LogP contribution is -2.49. The highest BCUT2D eigenvalue weighted by Gasteiger charge is 2.20. The molecular weight excluding hydrogens is 298 g/mol. The number of piperazine rings is 1. The number of carbonyl (C=O) groups excluding carboxylic acids is 1. The molecule has 0 atom stereocenters. The molecule has 0 spiro atoms. The van der Waals surface area contributed by atoms with Crippen molar-refractivity contribution in [2.45, 2.75) is 6.42 Å². The van der Waals surface area contributed by atoms with Crippen LogP contribution < -0.4 is 0 Å². The van der Waals surface area contributed by atoms with E-state index in [4.69, 9.17) is 0 Å². The highest BCUT2D eigenvalue weighted by molar-refractivity contribution is 5.78.